The second kappa shape index (κ2) is 5.55. The highest BCUT2D eigenvalue weighted by molar-refractivity contribution is 5.99. The normalized spacial score (nSPS) is 19.5. The summed E-state index contributed by atoms with van der Waals surface area (Å²) in [7, 11) is 0. The van der Waals surface area contributed by atoms with Crippen molar-refractivity contribution in [1.82, 2.24) is 4.90 Å². The molecule has 2 rings (SSSR count). The minimum Gasteiger partial charge on any atom is -0.398 e. The fourth-order valence-electron chi connectivity index (χ4n) is 2.59. The topological polar surface area (TPSA) is 46.3 Å². The van der Waals surface area contributed by atoms with E-state index in [4.69, 9.17) is 5.73 Å². The van der Waals surface area contributed by atoms with E-state index >= 15 is 0 Å². The van der Waals surface area contributed by atoms with Gasteiger partial charge in [0.05, 0.1) is 5.56 Å². The molecule has 0 aromatic heterocycles. The molecule has 0 aliphatic carbocycles. The molecule has 1 atom stereocenters. The molecule has 0 spiro atoms. The van der Waals surface area contributed by atoms with Gasteiger partial charge in [0.1, 0.15) is 0 Å². The van der Waals surface area contributed by atoms with Crippen molar-refractivity contribution in [3.63, 3.8) is 0 Å². The van der Waals surface area contributed by atoms with Crippen LogP contribution in [-0.4, -0.2) is 23.4 Å². The molecule has 19 heavy (non-hydrogen) atoms. The minimum absolute atomic E-state index is 0.00988. The van der Waals surface area contributed by atoms with Crippen LogP contribution in [0.5, 0.6) is 0 Å². The molecule has 104 valence electrons. The number of carbonyl (C=O) groups excluding carboxylic acids is 1. The summed E-state index contributed by atoms with van der Waals surface area (Å²) in [6.45, 7) is 2.67. The van der Waals surface area contributed by atoms with Gasteiger partial charge in [-0.3, -0.25) is 4.79 Å². The summed E-state index contributed by atoms with van der Waals surface area (Å²) >= 11 is 0. The third kappa shape index (κ3) is 2.69. The van der Waals surface area contributed by atoms with Gasteiger partial charge in [0.2, 0.25) is 0 Å². The Morgan fingerprint density at radius 3 is 2.74 bits per heavy atom. The molecule has 1 heterocycles. The number of benzene rings is 1. The molecule has 1 aromatic carbocycles. The van der Waals surface area contributed by atoms with Gasteiger partial charge >= 0.3 is 0 Å². The van der Waals surface area contributed by atoms with E-state index in [1.54, 1.807) is 4.90 Å². The van der Waals surface area contributed by atoms with E-state index in [0.717, 1.165) is 37.8 Å². The number of nitrogen functional groups attached to an aromatic ring is 1. The summed E-state index contributed by atoms with van der Waals surface area (Å²) in [5.41, 5.74) is 5.68. The lowest BCUT2D eigenvalue weighted by Gasteiger charge is -2.35. The van der Waals surface area contributed by atoms with Gasteiger partial charge < -0.3 is 10.6 Å². The Morgan fingerprint density at radius 1 is 1.37 bits per heavy atom. The fourth-order valence-corrected chi connectivity index (χ4v) is 2.59. The predicted octanol–water partition coefficient (Wildman–Crippen LogP) is 2.95. The smallest absolute Gasteiger partial charge is 0.256 e. The molecule has 0 bridgehead atoms. The second-order valence-corrected chi connectivity index (χ2v) is 4.91. The molecule has 3 nitrogen and oxygen atoms in total. The average Bonchev–Trinajstić information content (AvgIpc) is 2.42. The number of amides is 1. The van der Waals surface area contributed by atoms with Crippen LogP contribution < -0.4 is 5.73 Å². The van der Waals surface area contributed by atoms with E-state index in [0.29, 0.717) is 6.54 Å². The Hall–Kier alpha value is -1.65. The van der Waals surface area contributed by atoms with E-state index < -0.39 is 11.6 Å². The van der Waals surface area contributed by atoms with Crippen LogP contribution >= 0.6 is 0 Å². The zero-order valence-electron chi connectivity index (χ0n) is 11.0. The summed E-state index contributed by atoms with van der Waals surface area (Å²) in [6, 6.07) is 1.93. The van der Waals surface area contributed by atoms with E-state index in [1.807, 2.05) is 6.92 Å². The summed E-state index contributed by atoms with van der Waals surface area (Å²) in [6.07, 6.45) is 3.84. The van der Waals surface area contributed by atoms with Crippen LogP contribution in [0.15, 0.2) is 12.1 Å². The first kappa shape index (κ1) is 13.8. The third-order valence-corrected chi connectivity index (χ3v) is 3.68. The van der Waals surface area contributed by atoms with E-state index in [-0.39, 0.29) is 23.2 Å². The summed E-state index contributed by atoms with van der Waals surface area (Å²) < 4.78 is 26.3. The number of hydrogen-bond donors (Lipinski definition) is 1. The van der Waals surface area contributed by atoms with Gasteiger partial charge in [-0.2, -0.15) is 0 Å². The molecule has 1 aromatic rings. The summed E-state index contributed by atoms with van der Waals surface area (Å²) in [5, 5.41) is 0. The number of hydrogen-bond acceptors (Lipinski definition) is 2. The maximum Gasteiger partial charge on any atom is 0.256 e. The summed E-state index contributed by atoms with van der Waals surface area (Å²) in [5.74, 6) is -2.37. The van der Waals surface area contributed by atoms with Crippen LogP contribution in [0.4, 0.5) is 14.5 Å². The molecular formula is C14H18F2N2O. The number of halogens is 2. The Bertz CT molecular complexity index is 491. The van der Waals surface area contributed by atoms with Crippen molar-refractivity contribution in [3.05, 3.63) is 29.3 Å². The minimum atomic E-state index is -1.04. The van der Waals surface area contributed by atoms with Gasteiger partial charge in [0.15, 0.2) is 11.6 Å². The largest absolute Gasteiger partial charge is 0.398 e. The highest BCUT2D eigenvalue weighted by Gasteiger charge is 2.27. The number of piperidine rings is 1. The zero-order chi connectivity index (χ0) is 14.0. The van der Waals surface area contributed by atoms with Crippen molar-refractivity contribution in [1.29, 1.82) is 0 Å². The molecule has 0 radical (unpaired) electrons. The molecule has 1 fully saturated rings. The van der Waals surface area contributed by atoms with Crippen molar-refractivity contribution >= 4 is 11.6 Å². The van der Waals surface area contributed by atoms with Gasteiger partial charge in [0.25, 0.3) is 5.91 Å². The van der Waals surface area contributed by atoms with Crippen molar-refractivity contribution in [2.45, 2.75) is 38.6 Å². The average molecular weight is 268 g/mol. The van der Waals surface area contributed by atoms with Gasteiger partial charge in [0, 0.05) is 24.3 Å². The lowest BCUT2D eigenvalue weighted by Crippen LogP contribution is -2.43. The molecule has 2 N–H and O–H groups in total. The Kier molecular flexibility index (Phi) is 4.02. The summed E-state index contributed by atoms with van der Waals surface area (Å²) in [4.78, 5) is 14.1. The number of rotatable bonds is 2. The second-order valence-electron chi connectivity index (χ2n) is 4.91. The molecular weight excluding hydrogens is 250 g/mol. The Balaban J connectivity index is 2.30. The maximum absolute atomic E-state index is 13.3. The lowest BCUT2D eigenvalue weighted by atomic mass is 9.98. The Morgan fingerprint density at radius 2 is 2.05 bits per heavy atom. The van der Waals surface area contributed by atoms with Crippen LogP contribution in [-0.2, 0) is 0 Å². The van der Waals surface area contributed by atoms with Crippen LogP contribution in [0.2, 0.25) is 0 Å². The number of likely N-dealkylation sites (tertiary alicyclic amines) is 1. The molecule has 1 aliphatic heterocycles. The van der Waals surface area contributed by atoms with Crippen molar-refractivity contribution in [3.8, 4) is 0 Å². The lowest BCUT2D eigenvalue weighted by molar-refractivity contribution is 0.0608. The molecule has 5 heteroatoms. The molecule has 1 saturated heterocycles. The van der Waals surface area contributed by atoms with Crippen molar-refractivity contribution < 1.29 is 13.6 Å². The van der Waals surface area contributed by atoms with Crippen LogP contribution in [0.3, 0.4) is 0 Å². The van der Waals surface area contributed by atoms with Crippen LogP contribution in [0.25, 0.3) is 0 Å². The SMILES string of the molecule is CCC1CCCCN1C(=O)c1cc(F)c(F)cc1N. The zero-order valence-corrected chi connectivity index (χ0v) is 11.0. The van der Waals surface area contributed by atoms with Gasteiger partial charge in [-0.05, 0) is 31.7 Å². The van der Waals surface area contributed by atoms with E-state index in [1.165, 1.54) is 0 Å². The molecule has 1 aliphatic rings. The van der Waals surface area contributed by atoms with Gasteiger partial charge in [-0.1, -0.05) is 6.92 Å². The highest BCUT2D eigenvalue weighted by Crippen LogP contribution is 2.25. The van der Waals surface area contributed by atoms with E-state index in [9.17, 15) is 13.6 Å². The Labute approximate surface area is 111 Å². The first-order chi connectivity index (χ1) is 9.04. The maximum atomic E-state index is 13.3. The first-order valence-electron chi connectivity index (χ1n) is 6.60. The number of carbonyl (C=O) groups is 1. The molecule has 1 unspecified atom stereocenters. The molecule has 0 saturated carbocycles. The molecule has 1 amide bonds. The number of anilines is 1. The standard InChI is InChI=1S/C14H18F2N2O/c1-2-9-5-3-4-6-18(9)14(19)10-7-11(15)12(16)8-13(10)17/h7-9H,2-6,17H2,1H3. The van der Waals surface area contributed by atoms with Crippen LogP contribution in [0, 0.1) is 11.6 Å². The van der Waals surface area contributed by atoms with E-state index in [2.05, 4.69) is 0 Å². The number of nitrogens with two attached hydrogens (primary N) is 1. The highest BCUT2D eigenvalue weighted by atomic mass is 19.2. The third-order valence-electron chi connectivity index (χ3n) is 3.68. The fraction of sp³-hybridized carbons (Fsp3) is 0.500. The predicted molar refractivity (Wildman–Crippen MR) is 69.7 cm³/mol. The quantitative estimate of drug-likeness (QED) is 0.838. The van der Waals surface area contributed by atoms with Gasteiger partial charge in [-0.25, -0.2) is 8.78 Å². The van der Waals surface area contributed by atoms with Crippen LogP contribution in [0.1, 0.15) is 43.0 Å². The first-order valence-corrected chi connectivity index (χ1v) is 6.60. The monoisotopic (exact) mass is 268 g/mol. The number of nitrogens with zero attached hydrogens (tertiary/aromatic N) is 1. The van der Waals surface area contributed by atoms with Gasteiger partial charge in [-0.15, -0.1) is 0 Å². The van der Waals surface area contributed by atoms with Crippen molar-refractivity contribution in [2.75, 3.05) is 12.3 Å². The van der Waals surface area contributed by atoms with Crippen molar-refractivity contribution in [2.24, 2.45) is 0 Å².